The maximum Gasteiger partial charge on any atom is 0.250 e. The molecular formula is C14H24N2O2S3. The molecule has 1 aliphatic rings. The molecule has 1 unspecified atom stereocenters. The van der Waals surface area contributed by atoms with Gasteiger partial charge in [-0.05, 0) is 37.1 Å². The van der Waals surface area contributed by atoms with Gasteiger partial charge in [-0.3, -0.25) is 0 Å². The van der Waals surface area contributed by atoms with Crippen molar-refractivity contribution in [2.24, 2.45) is 0 Å². The summed E-state index contributed by atoms with van der Waals surface area (Å²) in [5.41, 5.74) is 1.05. The molecule has 1 fully saturated rings. The van der Waals surface area contributed by atoms with E-state index in [1.165, 1.54) is 11.3 Å². The standard InChI is InChI=1S/C14H24N2O2S3/c1-10(2)15-8-13-11(3)7-14(20-13)21(17,18)16-12-5-4-6-19-9-12/h7,10,12,15-16H,4-6,8-9H2,1-3H3. The summed E-state index contributed by atoms with van der Waals surface area (Å²) in [5, 5.41) is 3.34. The van der Waals surface area contributed by atoms with Crippen molar-refractivity contribution < 1.29 is 8.42 Å². The molecule has 120 valence electrons. The first kappa shape index (κ1) is 17.3. The summed E-state index contributed by atoms with van der Waals surface area (Å²) in [5.74, 6) is 2.02. The number of sulfonamides is 1. The molecule has 1 saturated heterocycles. The zero-order valence-corrected chi connectivity index (χ0v) is 15.3. The van der Waals surface area contributed by atoms with Crippen LogP contribution in [0.15, 0.2) is 10.3 Å². The Morgan fingerprint density at radius 3 is 2.81 bits per heavy atom. The highest BCUT2D eigenvalue weighted by Gasteiger charge is 2.24. The van der Waals surface area contributed by atoms with E-state index in [1.807, 2.05) is 18.7 Å². The van der Waals surface area contributed by atoms with Crippen molar-refractivity contribution >= 4 is 33.1 Å². The molecule has 7 heteroatoms. The molecule has 0 aromatic carbocycles. The van der Waals surface area contributed by atoms with Crippen LogP contribution in [0, 0.1) is 6.92 Å². The Labute approximate surface area is 136 Å². The van der Waals surface area contributed by atoms with Crippen LogP contribution in [0.5, 0.6) is 0 Å². The Hall–Kier alpha value is -0.0800. The summed E-state index contributed by atoms with van der Waals surface area (Å²) in [6.45, 7) is 6.87. The second-order valence-electron chi connectivity index (χ2n) is 5.74. The molecule has 0 radical (unpaired) electrons. The van der Waals surface area contributed by atoms with Crippen molar-refractivity contribution in [1.29, 1.82) is 0 Å². The van der Waals surface area contributed by atoms with Gasteiger partial charge in [-0.25, -0.2) is 13.1 Å². The van der Waals surface area contributed by atoms with Gasteiger partial charge in [0.25, 0.3) is 0 Å². The molecule has 2 N–H and O–H groups in total. The molecule has 0 amide bonds. The Bertz CT molecular complexity index is 561. The third-order valence-electron chi connectivity index (χ3n) is 3.42. The number of aryl methyl sites for hydroxylation is 1. The Morgan fingerprint density at radius 2 is 2.19 bits per heavy atom. The van der Waals surface area contributed by atoms with Crippen molar-refractivity contribution in [2.75, 3.05) is 11.5 Å². The fourth-order valence-corrected chi connectivity index (χ4v) is 6.21. The molecule has 1 aromatic heterocycles. The average Bonchev–Trinajstić information content (AvgIpc) is 2.79. The lowest BCUT2D eigenvalue weighted by molar-refractivity contribution is 0.545. The Morgan fingerprint density at radius 1 is 1.43 bits per heavy atom. The third-order valence-corrected chi connectivity index (χ3v) is 7.86. The van der Waals surface area contributed by atoms with Gasteiger partial charge in [0.05, 0.1) is 0 Å². The SMILES string of the molecule is Cc1cc(S(=O)(=O)NC2CCCSC2)sc1CNC(C)C. The normalized spacial score (nSPS) is 20.1. The number of thioether (sulfide) groups is 1. The molecule has 0 saturated carbocycles. The van der Waals surface area contributed by atoms with E-state index in [2.05, 4.69) is 23.9 Å². The lowest BCUT2D eigenvalue weighted by atomic mass is 10.2. The summed E-state index contributed by atoms with van der Waals surface area (Å²) in [4.78, 5) is 1.10. The molecule has 4 nitrogen and oxygen atoms in total. The van der Waals surface area contributed by atoms with Gasteiger partial charge >= 0.3 is 0 Å². The largest absolute Gasteiger partial charge is 0.310 e. The fraction of sp³-hybridized carbons (Fsp3) is 0.714. The zero-order valence-electron chi connectivity index (χ0n) is 12.8. The quantitative estimate of drug-likeness (QED) is 0.830. The summed E-state index contributed by atoms with van der Waals surface area (Å²) in [6, 6.07) is 2.26. The van der Waals surface area contributed by atoms with E-state index in [9.17, 15) is 8.42 Å². The number of hydrogen-bond acceptors (Lipinski definition) is 5. The smallest absolute Gasteiger partial charge is 0.250 e. The molecule has 1 atom stereocenters. The molecule has 2 rings (SSSR count). The van der Waals surface area contributed by atoms with Gasteiger partial charge in [-0.1, -0.05) is 13.8 Å². The van der Waals surface area contributed by atoms with E-state index in [0.29, 0.717) is 10.3 Å². The van der Waals surface area contributed by atoms with Gasteiger partial charge in [0, 0.05) is 29.3 Å². The van der Waals surface area contributed by atoms with Crippen molar-refractivity contribution in [2.45, 2.75) is 56.5 Å². The summed E-state index contributed by atoms with van der Waals surface area (Å²) >= 11 is 3.20. The predicted octanol–water partition coefficient (Wildman–Crippen LogP) is 2.73. The highest BCUT2D eigenvalue weighted by atomic mass is 32.2. The van der Waals surface area contributed by atoms with Crippen molar-refractivity contribution in [3.05, 3.63) is 16.5 Å². The van der Waals surface area contributed by atoms with E-state index in [-0.39, 0.29) is 6.04 Å². The van der Waals surface area contributed by atoms with Crippen LogP contribution in [-0.2, 0) is 16.6 Å². The van der Waals surface area contributed by atoms with Crippen LogP contribution < -0.4 is 10.0 Å². The average molecular weight is 349 g/mol. The van der Waals surface area contributed by atoms with Gasteiger partial charge in [-0.2, -0.15) is 11.8 Å². The van der Waals surface area contributed by atoms with Crippen LogP contribution >= 0.6 is 23.1 Å². The van der Waals surface area contributed by atoms with E-state index in [0.717, 1.165) is 41.3 Å². The molecule has 0 aliphatic carbocycles. The Balaban J connectivity index is 2.07. The van der Waals surface area contributed by atoms with Gasteiger partial charge in [0.15, 0.2) is 0 Å². The van der Waals surface area contributed by atoms with Crippen LogP contribution in [0.4, 0.5) is 0 Å². The summed E-state index contributed by atoms with van der Waals surface area (Å²) < 4.78 is 28.2. The lowest BCUT2D eigenvalue weighted by Crippen LogP contribution is -2.37. The monoisotopic (exact) mass is 348 g/mol. The van der Waals surface area contributed by atoms with Crippen LogP contribution in [0.3, 0.4) is 0 Å². The maximum absolute atomic E-state index is 12.5. The van der Waals surface area contributed by atoms with E-state index >= 15 is 0 Å². The summed E-state index contributed by atoms with van der Waals surface area (Å²) in [6.07, 6.45) is 2.03. The minimum absolute atomic E-state index is 0.0772. The zero-order chi connectivity index (χ0) is 15.5. The minimum atomic E-state index is -3.37. The number of hydrogen-bond donors (Lipinski definition) is 2. The second kappa shape index (κ2) is 7.46. The molecule has 0 spiro atoms. The first-order chi connectivity index (χ1) is 9.88. The van der Waals surface area contributed by atoms with Crippen molar-refractivity contribution in [3.8, 4) is 0 Å². The molecule has 0 bridgehead atoms. The topological polar surface area (TPSA) is 58.2 Å². The van der Waals surface area contributed by atoms with E-state index < -0.39 is 10.0 Å². The molecule has 1 aliphatic heterocycles. The lowest BCUT2D eigenvalue weighted by Gasteiger charge is -2.21. The van der Waals surface area contributed by atoms with E-state index in [4.69, 9.17) is 0 Å². The first-order valence-electron chi connectivity index (χ1n) is 7.31. The molecule has 1 aromatic rings. The molecular weight excluding hydrogens is 324 g/mol. The van der Waals surface area contributed by atoms with Gasteiger partial charge in [0.2, 0.25) is 10.0 Å². The highest BCUT2D eigenvalue weighted by Crippen LogP contribution is 2.27. The predicted molar refractivity (Wildman–Crippen MR) is 91.7 cm³/mol. The van der Waals surface area contributed by atoms with Crippen LogP contribution in [-0.4, -0.2) is 32.0 Å². The van der Waals surface area contributed by atoms with Crippen LogP contribution in [0.2, 0.25) is 0 Å². The van der Waals surface area contributed by atoms with Gasteiger partial charge < -0.3 is 5.32 Å². The fourth-order valence-electron chi connectivity index (χ4n) is 2.20. The Kier molecular flexibility index (Phi) is 6.14. The van der Waals surface area contributed by atoms with Crippen molar-refractivity contribution in [3.63, 3.8) is 0 Å². The summed E-state index contributed by atoms with van der Waals surface area (Å²) in [7, 11) is -3.37. The van der Waals surface area contributed by atoms with Crippen LogP contribution in [0.25, 0.3) is 0 Å². The second-order valence-corrected chi connectivity index (χ2v) is 9.97. The van der Waals surface area contributed by atoms with Gasteiger partial charge in [0.1, 0.15) is 4.21 Å². The number of nitrogens with one attached hydrogen (secondary N) is 2. The van der Waals surface area contributed by atoms with Crippen LogP contribution in [0.1, 0.15) is 37.1 Å². The first-order valence-corrected chi connectivity index (χ1v) is 10.8. The maximum atomic E-state index is 12.5. The third kappa shape index (κ3) is 4.96. The molecule has 21 heavy (non-hydrogen) atoms. The number of thiophene rings is 1. The minimum Gasteiger partial charge on any atom is -0.310 e. The number of rotatable bonds is 6. The van der Waals surface area contributed by atoms with Crippen molar-refractivity contribution in [1.82, 2.24) is 10.0 Å². The van der Waals surface area contributed by atoms with E-state index in [1.54, 1.807) is 6.07 Å². The molecule has 2 heterocycles. The highest BCUT2D eigenvalue weighted by molar-refractivity contribution is 7.99. The van der Waals surface area contributed by atoms with Gasteiger partial charge in [-0.15, -0.1) is 11.3 Å².